The summed E-state index contributed by atoms with van der Waals surface area (Å²) in [5, 5.41) is 1.89. The van der Waals surface area contributed by atoms with Crippen molar-refractivity contribution < 1.29 is 4.74 Å². The van der Waals surface area contributed by atoms with Gasteiger partial charge in [0.25, 0.3) is 0 Å². The summed E-state index contributed by atoms with van der Waals surface area (Å²) in [6, 6.07) is 11.1. The Bertz CT molecular complexity index is 548. The zero-order chi connectivity index (χ0) is 13.0. The normalized spacial score (nSPS) is 10.4. The molecular weight excluding hydrogens is 337 g/mol. The van der Waals surface area contributed by atoms with Crippen molar-refractivity contribution in [1.82, 2.24) is 4.98 Å². The number of pyridine rings is 1. The zero-order valence-electron chi connectivity index (χ0n) is 9.37. The molecule has 0 spiro atoms. The van der Waals surface area contributed by atoms with Crippen molar-refractivity contribution in [3.63, 3.8) is 0 Å². The molecule has 0 bridgehead atoms. The molecule has 1 aromatic heterocycles. The summed E-state index contributed by atoms with van der Waals surface area (Å²) >= 11 is 15.2. The molecule has 0 fully saturated rings. The topological polar surface area (TPSA) is 22.1 Å². The number of nitrogens with zero attached hydrogens (tertiary/aromatic N) is 1. The highest BCUT2D eigenvalue weighted by Crippen LogP contribution is 2.21. The Morgan fingerprint density at radius 2 is 2.00 bits per heavy atom. The standard InChI is InChI=1S/C13H10BrCl2NO/c14-7-10-6-9(4-5-11(10)15)8-18-13-3-1-2-12(16)17-13/h1-6H,7-8H2. The molecule has 0 saturated heterocycles. The largest absolute Gasteiger partial charge is 0.473 e. The first-order valence-corrected chi connectivity index (χ1v) is 7.15. The molecule has 2 rings (SSSR count). The van der Waals surface area contributed by atoms with Crippen LogP contribution in [0.4, 0.5) is 0 Å². The molecule has 94 valence electrons. The Morgan fingerprint density at radius 3 is 2.72 bits per heavy atom. The molecule has 0 aliphatic rings. The van der Waals surface area contributed by atoms with E-state index in [4.69, 9.17) is 27.9 Å². The van der Waals surface area contributed by atoms with E-state index < -0.39 is 0 Å². The second-order valence-electron chi connectivity index (χ2n) is 3.65. The van der Waals surface area contributed by atoms with Crippen LogP contribution in [-0.2, 0) is 11.9 Å². The van der Waals surface area contributed by atoms with Gasteiger partial charge in [-0.2, -0.15) is 0 Å². The van der Waals surface area contributed by atoms with Crippen molar-refractivity contribution >= 4 is 39.1 Å². The number of benzene rings is 1. The summed E-state index contributed by atoms with van der Waals surface area (Å²) in [7, 11) is 0. The minimum atomic E-state index is 0.421. The molecular formula is C13H10BrCl2NO. The Morgan fingerprint density at radius 1 is 1.17 bits per heavy atom. The van der Waals surface area contributed by atoms with Gasteiger partial charge >= 0.3 is 0 Å². The van der Waals surface area contributed by atoms with Crippen LogP contribution in [0.5, 0.6) is 5.88 Å². The molecule has 18 heavy (non-hydrogen) atoms. The first-order chi connectivity index (χ1) is 8.69. The Kier molecular flexibility index (Phi) is 4.87. The van der Waals surface area contributed by atoms with Crippen LogP contribution in [0.2, 0.25) is 10.2 Å². The molecule has 0 aliphatic heterocycles. The molecule has 0 amide bonds. The fourth-order valence-electron chi connectivity index (χ4n) is 1.45. The van der Waals surface area contributed by atoms with Crippen molar-refractivity contribution in [2.75, 3.05) is 0 Å². The first kappa shape index (κ1) is 13.7. The van der Waals surface area contributed by atoms with Crippen molar-refractivity contribution in [1.29, 1.82) is 0 Å². The van der Waals surface area contributed by atoms with E-state index in [0.717, 1.165) is 21.5 Å². The van der Waals surface area contributed by atoms with Crippen LogP contribution in [0.1, 0.15) is 11.1 Å². The van der Waals surface area contributed by atoms with E-state index in [1.807, 2.05) is 18.2 Å². The summed E-state index contributed by atoms with van der Waals surface area (Å²) in [6.45, 7) is 0.435. The highest BCUT2D eigenvalue weighted by Gasteiger charge is 2.02. The summed E-state index contributed by atoms with van der Waals surface area (Å²) < 4.78 is 5.56. The van der Waals surface area contributed by atoms with E-state index in [1.165, 1.54) is 0 Å². The fourth-order valence-corrected chi connectivity index (χ4v) is 2.41. The van der Waals surface area contributed by atoms with Crippen LogP contribution >= 0.6 is 39.1 Å². The van der Waals surface area contributed by atoms with Gasteiger partial charge in [-0.1, -0.05) is 57.3 Å². The Labute approximate surface area is 124 Å². The van der Waals surface area contributed by atoms with Crippen LogP contribution in [0.15, 0.2) is 36.4 Å². The maximum Gasteiger partial charge on any atom is 0.214 e. The summed E-state index contributed by atoms with van der Waals surface area (Å²) in [5.74, 6) is 0.512. The predicted octanol–water partition coefficient (Wildman–Crippen LogP) is 4.86. The molecule has 0 saturated carbocycles. The molecule has 0 N–H and O–H groups in total. The van der Waals surface area contributed by atoms with Crippen molar-refractivity contribution in [3.8, 4) is 5.88 Å². The van der Waals surface area contributed by atoms with Gasteiger partial charge in [0.2, 0.25) is 5.88 Å². The predicted molar refractivity (Wildman–Crippen MR) is 77.7 cm³/mol. The number of rotatable bonds is 4. The van der Waals surface area contributed by atoms with Crippen molar-refractivity contribution in [3.05, 3.63) is 57.7 Å². The van der Waals surface area contributed by atoms with Gasteiger partial charge in [0.15, 0.2) is 0 Å². The van der Waals surface area contributed by atoms with Crippen LogP contribution in [0.3, 0.4) is 0 Å². The summed E-state index contributed by atoms with van der Waals surface area (Å²) in [6.07, 6.45) is 0. The summed E-state index contributed by atoms with van der Waals surface area (Å²) in [5.41, 5.74) is 2.08. The van der Waals surface area contributed by atoms with Crippen molar-refractivity contribution in [2.45, 2.75) is 11.9 Å². The van der Waals surface area contributed by atoms with Gasteiger partial charge in [0.1, 0.15) is 11.8 Å². The van der Waals surface area contributed by atoms with E-state index in [1.54, 1.807) is 18.2 Å². The third-order valence-electron chi connectivity index (χ3n) is 2.33. The van der Waals surface area contributed by atoms with E-state index >= 15 is 0 Å². The lowest BCUT2D eigenvalue weighted by Gasteiger charge is -2.07. The minimum Gasteiger partial charge on any atom is -0.473 e. The maximum atomic E-state index is 6.03. The lowest BCUT2D eigenvalue weighted by Crippen LogP contribution is -1.98. The number of hydrogen-bond acceptors (Lipinski definition) is 2. The number of aromatic nitrogens is 1. The van der Waals surface area contributed by atoms with Crippen LogP contribution < -0.4 is 4.74 Å². The SMILES string of the molecule is Clc1cccc(OCc2ccc(Cl)c(CBr)c2)n1. The minimum absolute atomic E-state index is 0.421. The van der Waals surface area contributed by atoms with Crippen LogP contribution in [0, 0.1) is 0 Å². The van der Waals surface area contributed by atoms with Gasteiger partial charge in [-0.05, 0) is 23.3 Å². The average molecular weight is 347 g/mol. The molecule has 0 radical (unpaired) electrons. The average Bonchev–Trinajstić information content (AvgIpc) is 2.38. The highest BCUT2D eigenvalue weighted by atomic mass is 79.9. The molecule has 2 nitrogen and oxygen atoms in total. The van der Waals surface area contributed by atoms with E-state index in [2.05, 4.69) is 20.9 Å². The van der Waals surface area contributed by atoms with Gasteiger partial charge in [-0.15, -0.1) is 0 Å². The monoisotopic (exact) mass is 345 g/mol. The number of ether oxygens (including phenoxy) is 1. The lowest BCUT2D eigenvalue weighted by molar-refractivity contribution is 0.294. The van der Waals surface area contributed by atoms with Gasteiger partial charge < -0.3 is 4.74 Å². The van der Waals surface area contributed by atoms with Crippen LogP contribution in [0.25, 0.3) is 0 Å². The van der Waals surface area contributed by atoms with E-state index in [-0.39, 0.29) is 0 Å². The smallest absolute Gasteiger partial charge is 0.214 e. The second-order valence-corrected chi connectivity index (χ2v) is 5.00. The maximum absolute atomic E-state index is 6.03. The molecule has 1 aromatic carbocycles. The molecule has 1 heterocycles. The quantitative estimate of drug-likeness (QED) is 0.582. The lowest BCUT2D eigenvalue weighted by atomic mass is 10.1. The number of halogens is 3. The second kappa shape index (κ2) is 6.41. The number of hydrogen-bond donors (Lipinski definition) is 0. The van der Waals surface area contributed by atoms with Gasteiger partial charge in [0, 0.05) is 16.4 Å². The molecule has 0 aliphatic carbocycles. The van der Waals surface area contributed by atoms with Crippen molar-refractivity contribution in [2.24, 2.45) is 0 Å². The van der Waals surface area contributed by atoms with Gasteiger partial charge in [0.05, 0.1) is 0 Å². The first-order valence-electron chi connectivity index (χ1n) is 5.27. The zero-order valence-corrected chi connectivity index (χ0v) is 12.5. The third kappa shape index (κ3) is 3.61. The van der Waals surface area contributed by atoms with E-state index in [9.17, 15) is 0 Å². The van der Waals surface area contributed by atoms with Gasteiger partial charge in [-0.3, -0.25) is 0 Å². The molecule has 0 atom stereocenters. The van der Waals surface area contributed by atoms with Crippen LogP contribution in [-0.4, -0.2) is 4.98 Å². The summed E-state index contributed by atoms with van der Waals surface area (Å²) in [4.78, 5) is 4.06. The highest BCUT2D eigenvalue weighted by molar-refractivity contribution is 9.08. The van der Waals surface area contributed by atoms with E-state index in [0.29, 0.717) is 17.6 Å². The third-order valence-corrected chi connectivity index (χ3v) is 3.51. The fraction of sp³-hybridized carbons (Fsp3) is 0.154. The molecule has 2 aromatic rings. The van der Waals surface area contributed by atoms with Gasteiger partial charge in [-0.25, -0.2) is 4.98 Å². The number of alkyl halides is 1. The molecule has 5 heteroatoms. The Balaban J connectivity index is 2.06. The molecule has 0 unspecified atom stereocenters. The Hall–Kier alpha value is -0.770.